The van der Waals surface area contributed by atoms with Gasteiger partial charge in [-0.25, -0.2) is 0 Å². The van der Waals surface area contributed by atoms with Gasteiger partial charge in [0.05, 0.1) is 19.3 Å². The summed E-state index contributed by atoms with van der Waals surface area (Å²) in [7, 11) is 1.65. The molecule has 0 bridgehead atoms. The van der Waals surface area contributed by atoms with E-state index in [2.05, 4.69) is 15.9 Å². The smallest absolute Gasteiger partial charge is 0.119 e. The fourth-order valence-corrected chi connectivity index (χ4v) is 2.85. The van der Waals surface area contributed by atoms with E-state index in [1.165, 1.54) is 0 Å². The minimum atomic E-state index is -0.326. The molecule has 0 aliphatic carbocycles. The van der Waals surface area contributed by atoms with Gasteiger partial charge in [-0.3, -0.25) is 0 Å². The summed E-state index contributed by atoms with van der Waals surface area (Å²) in [4.78, 5) is 0. The van der Waals surface area contributed by atoms with E-state index in [0.717, 1.165) is 48.1 Å². The number of hydrogen-bond donors (Lipinski definition) is 1. The van der Waals surface area contributed by atoms with Gasteiger partial charge in [-0.1, -0.05) is 15.9 Å². The zero-order chi connectivity index (χ0) is 13.7. The van der Waals surface area contributed by atoms with Crippen molar-refractivity contribution < 1.29 is 14.6 Å². The van der Waals surface area contributed by atoms with E-state index in [1.54, 1.807) is 7.11 Å². The maximum Gasteiger partial charge on any atom is 0.119 e. The molecule has 2 rings (SSSR count). The van der Waals surface area contributed by atoms with E-state index >= 15 is 0 Å². The first kappa shape index (κ1) is 14.8. The lowest BCUT2D eigenvalue weighted by Crippen LogP contribution is -2.15. The molecule has 1 fully saturated rings. The molecule has 1 aliphatic rings. The van der Waals surface area contributed by atoms with Gasteiger partial charge in [-0.05, 0) is 55.9 Å². The summed E-state index contributed by atoms with van der Waals surface area (Å²) in [6.45, 7) is 0.877. The van der Waals surface area contributed by atoms with Crippen LogP contribution >= 0.6 is 15.9 Å². The van der Waals surface area contributed by atoms with E-state index in [0.29, 0.717) is 12.5 Å². The maximum absolute atomic E-state index is 10.1. The zero-order valence-corrected chi connectivity index (χ0v) is 12.9. The van der Waals surface area contributed by atoms with Gasteiger partial charge in [0.1, 0.15) is 5.75 Å². The van der Waals surface area contributed by atoms with Crippen LogP contribution in [0.15, 0.2) is 22.7 Å². The van der Waals surface area contributed by atoms with Gasteiger partial charge in [-0.15, -0.1) is 0 Å². The molecule has 1 heterocycles. The Kier molecular flexibility index (Phi) is 5.67. The summed E-state index contributed by atoms with van der Waals surface area (Å²) in [5, 5.41) is 10.1. The summed E-state index contributed by atoms with van der Waals surface area (Å²) in [6.07, 6.45) is 4.69. The standard InChI is InChI=1S/C15H21BrO3/c1-18-14-6-7-15(16)11(10-14)9-12(17)4-5-13-3-2-8-19-13/h6-7,10,12-13,17H,2-5,8-9H2,1H3. The molecule has 0 aromatic heterocycles. The van der Waals surface area contributed by atoms with Crippen molar-refractivity contribution in [2.45, 2.75) is 44.3 Å². The summed E-state index contributed by atoms with van der Waals surface area (Å²) in [5.41, 5.74) is 1.08. The summed E-state index contributed by atoms with van der Waals surface area (Å²) in [6, 6.07) is 5.84. The quantitative estimate of drug-likeness (QED) is 0.870. The second-order valence-electron chi connectivity index (χ2n) is 5.03. The fraction of sp³-hybridized carbons (Fsp3) is 0.600. The minimum Gasteiger partial charge on any atom is -0.497 e. The summed E-state index contributed by atoms with van der Waals surface area (Å²) in [5.74, 6) is 0.824. The largest absolute Gasteiger partial charge is 0.497 e. The van der Waals surface area contributed by atoms with Gasteiger partial charge in [0.2, 0.25) is 0 Å². The third kappa shape index (κ3) is 4.48. The molecule has 0 amide bonds. The lowest BCUT2D eigenvalue weighted by molar-refractivity contribution is 0.0812. The fourth-order valence-electron chi connectivity index (χ4n) is 2.44. The van der Waals surface area contributed by atoms with Crippen LogP contribution in [0.4, 0.5) is 0 Å². The highest BCUT2D eigenvalue weighted by molar-refractivity contribution is 9.10. The highest BCUT2D eigenvalue weighted by Crippen LogP contribution is 2.25. The van der Waals surface area contributed by atoms with Crippen LogP contribution in [0.3, 0.4) is 0 Å². The Balaban J connectivity index is 1.85. The number of rotatable bonds is 6. The van der Waals surface area contributed by atoms with Gasteiger partial charge in [0.25, 0.3) is 0 Å². The lowest BCUT2D eigenvalue weighted by atomic mass is 10.0. The summed E-state index contributed by atoms with van der Waals surface area (Å²) < 4.78 is 11.8. The topological polar surface area (TPSA) is 38.7 Å². The van der Waals surface area contributed by atoms with Crippen LogP contribution in [0.2, 0.25) is 0 Å². The van der Waals surface area contributed by atoms with Crippen molar-refractivity contribution in [1.29, 1.82) is 0 Å². The normalized spacial score (nSPS) is 20.5. The molecule has 0 spiro atoms. The van der Waals surface area contributed by atoms with Gasteiger partial charge < -0.3 is 14.6 Å². The van der Waals surface area contributed by atoms with E-state index in [1.807, 2.05) is 18.2 Å². The second-order valence-corrected chi connectivity index (χ2v) is 5.88. The van der Waals surface area contributed by atoms with Gasteiger partial charge in [0.15, 0.2) is 0 Å². The third-order valence-corrected chi connectivity index (χ3v) is 4.33. The molecule has 1 saturated heterocycles. The van der Waals surface area contributed by atoms with Crippen LogP contribution in [0.1, 0.15) is 31.2 Å². The van der Waals surface area contributed by atoms with E-state index < -0.39 is 0 Å². The highest BCUT2D eigenvalue weighted by atomic mass is 79.9. The molecule has 0 radical (unpaired) electrons. The number of ether oxygens (including phenoxy) is 2. The predicted octanol–water partition coefficient (Wildman–Crippen LogP) is 3.32. The van der Waals surface area contributed by atoms with E-state index in [4.69, 9.17) is 9.47 Å². The van der Waals surface area contributed by atoms with Crippen molar-refractivity contribution in [1.82, 2.24) is 0 Å². The van der Waals surface area contributed by atoms with Crippen molar-refractivity contribution in [3.05, 3.63) is 28.2 Å². The SMILES string of the molecule is COc1ccc(Br)c(CC(O)CCC2CCCO2)c1. The highest BCUT2D eigenvalue weighted by Gasteiger charge is 2.17. The molecule has 2 atom stereocenters. The van der Waals surface area contributed by atoms with Crippen LogP contribution in [-0.4, -0.2) is 31.0 Å². The van der Waals surface area contributed by atoms with Crippen molar-refractivity contribution in [2.24, 2.45) is 0 Å². The van der Waals surface area contributed by atoms with Crippen LogP contribution in [0, 0.1) is 0 Å². The van der Waals surface area contributed by atoms with Gasteiger partial charge >= 0.3 is 0 Å². The molecule has 1 aromatic carbocycles. The average Bonchev–Trinajstić information content (AvgIpc) is 2.92. The van der Waals surface area contributed by atoms with Crippen LogP contribution in [0.5, 0.6) is 5.75 Å². The maximum atomic E-state index is 10.1. The number of aliphatic hydroxyl groups excluding tert-OH is 1. The summed E-state index contributed by atoms with van der Waals surface area (Å²) >= 11 is 3.51. The molecule has 4 heteroatoms. The minimum absolute atomic E-state index is 0.326. The van der Waals surface area contributed by atoms with Crippen molar-refractivity contribution >= 4 is 15.9 Å². The molecule has 0 saturated carbocycles. The molecule has 106 valence electrons. The Bertz CT molecular complexity index is 402. The number of hydrogen-bond acceptors (Lipinski definition) is 3. The Morgan fingerprint density at radius 3 is 3.05 bits per heavy atom. The van der Waals surface area contributed by atoms with Crippen LogP contribution in [0.25, 0.3) is 0 Å². The van der Waals surface area contributed by atoms with Crippen LogP contribution < -0.4 is 4.74 Å². The first-order chi connectivity index (χ1) is 9.19. The number of aliphatic hydroxyl groups is 1. The Morgan fingerprint density at radius 2 is 2.37 bits per heavy atom. The third-order valence-electron chi connectivity index (χ3n) is 3.55. The Hall–Kier alpha value is -0.580. The van der Waals surface area contributed by atoms with E-state index in [-0.39, 0.29) is 6.10 Å². The Morgan fingerprint density at radius 1 is 1.53 bits per heavy atom. The van der Waals surface area contributed by atoms with Crippen molar-refractivity contribution in [3.8, 4) is 5.75 Å². The average molecular weight is 329 g/mol. The zero-order valence-electron chi connectivity index (χ0n) is 11.3. The molecule has 1 aliphatic heterocycles. The first-order valence-corrected chi connectivity index (χ1v) is 7.60. The molecular weight excluding hydrogens is 308 g/mol. The second kappa shape index (κ2) is 7.27. The van der Waals surface area contributed by atoms with Gasteiger partial charge in [-0.2, -0.15) is 0 Å². The van der Waals surface area contributed by atoms with Gasteiger partial charge in [0, 0.05) is 11.1 Å². The predicted molar refractivity (Wildman–Crippen MR) is 78.6 cm³/mol. The monoisotopic (exact) mass is 328 g/mol. The van der Waals surface area contributed by atoms with Crippen molar-refractivity contribution in [3.63, 3.8) is 0 Å². The number of methoxy groups -OCH3 is 1. The van der Waals surface area contributed by atoms with Crippen LogP contribution in [-0.2, 0) is 11.2 Å². The Labute approximate surface area is 123 Å². The lowest BCUT2D eigenvalue weighted by Gasteiger charge is -2.15. The first-order valence-electron chi connectivity index (χ1n) is 6.81. The van der Waals surface area contributed by atoms with Crippen molar-refractivity contribution in [2.75, 3.05) is 13.7 Å². The molecule has 3 nitrogen and oxygen atoms in total. The molecular formula is C15H21BrO3. The molecule has 1 aromatic rings. The molecule has 2 unspecified atom stereocenters. The number of halogens is 1. The number of benzene rings is 1. The molecule has 1 N–H and O–H groups in total. The van der Waals surface area contributed by atoms with E-state index in [9.17, 15) is 5.11 Å². The molecule has 19 heavy (non-hydrogen) atoms.